The minimum atomic E-state index is -1.68. The van der Waals surface area contributed by atoms with Gasteiger partial charge in [0.1, 0.15) is 5.02 Å². The first-order chi connectivity index (χ1) is 7.29. The Morgan fingerprint density at radius 2 is 1.69 bits per heavy atom. The van der Waals surface area contributed by atoms with Crippen molar-refractivity contribution in [2.24, 2.45) is 0 Å². The third-order valence-corrected chi connectivity index (χ3v) is 3.17. The van der Waals surface area contributed by atoms with Crippen molar-refractivity contribution in [1.29, 1.82) is 0 Å². The van der Waals surface area contributed by atoms with Crippen LogP contribution in [-0.4, -0.2) is 15.1 Å². The molecule has 0 saturated carbocycles. The molecular formula is C10H12ClNO4. The highest BCUT2D eigenvalue weighted by atomic mass is 35.5. The summed E-state index contributed by atoms with van der Waals surface area (Å²) in [7, 11) is 0. The number of hydrogen-bond donors (Lipinski definition) is 2. The molecule has 0 fully saturated rings. The minimum absolute atomic E-state index is 0.0452. The summed E-state index contributed by atoms with van der Waals surface area (Å²) in [5.74, 6) is 0. The van der Waals surface area contributed by atoms with E-state index in [0.29, 0.717) is 16.7 Å². The highest BCUT2D eigenvalue weighted by Gasteiger charge is 2.25. The molecule has 0 atom stereocenters. The van der Waals surface area contributed by atoms with Gasteiger partial charge in [0.25, 0.3) is 5.69 Å². The Kier molecular flexibility index (Phi) is 3.52. The van der Waals surface area contributed by atoms with E-state index < -0.39 is 11.2 Å². The predicted molar refractivity (Wildman–Crippen MR) is 59.5 cm³/mol. The highest BCUT2D eigenvalue weighted by Crippen LogP contribution is 2.38. The van der Waals surface area contributed by atoms with Gasteiger partial charge in [-0.3, -0.25) is 10.1 Å². The summed E-state index contributed by atoms with van der Waals surface area (Å²) in [5.41, 5.74) is 1.20. The molecule has 0 saturated heterocycles. The van der Waals surface area contributed by atoms with Crippen LogP contribution < -0.4 is 0 Å². The van der Waals surface area contributed by atoms with Crippen molar-refractivity contribution < 1.29 is 15.1 Å². The second-order valence-electron chi connectivity index (χ2n) is 3.58. The number of nitro groups is 1. The Labute approximate surface area is 97.4 Å². The van der Waals surface area contributed by atoms with Gasteiger partial charge < -0.3 is 10.2 Å². The molecule has 0 amide bonds. The molecule has 0 spiro atoms. The Morgan fingerprint density at radius 3 is 2.06 bits per heavy atom. The molecule has 0 unspecified atom stereocenters. The van der Waals surface area contributed by atoms with Crippen molar-refractivity contribution in [3.05, 3.63) is 37.4 Å². The van der Waals surface area contributed by atoms with Crippen LogP contribution in [0.25, 0.3) is 0 Å². The van der Waals surface area contributed by atoms with Crippen LogP contribution in [0.2, 0.25) is 5.02 Å². The average molecular weight is 246 g/mol. The number of aliphatic hydroxyl groups excluding tert-OH is 1. The van der Waals surface area contributed by atoms with E-state index in [1.165, 1.54) is 13.8 Å². The van der Waals surface area contributed by atoms with E-state index in [9.17, 15) is 20.3 Å². The van der Waals surface area contributed by atoms with Crippen LogP contribution in [0.5, 0.6) is 0 Å². The maximum absolute atomic E-state index is 10.8. The standard InChI is InChI=1S/C10H12ClNO4/c1-4-5(2)9(12(15)16)8(11)6(3)7(4)10(13)14/h10,13-14H,1-3H3. The van der Waals surface area contributed by atoms with Gasteiger partial charge in [0.05, 0.1) is 4.92 Å². The summed E-state index contributed by atoms with van der Waals surface area (Å²) in [6.45, 7) is 4.65. The fourth-order valence-electron chi connectivity index (χ4n) is 1.73. The van der Waals surface area contributed by atoms with E-state index in [1.54, 1.807) is 6.92 Å². The minimum Gasteiger partial charge on any atom is -0.364 e. The quantitative estimate of drug-likeness (QED) is 0.475. The van der Waals surface area contributed by atoms with Crippen molar-refractivity contribution in [2.75, 3.05) is 0 Å². The SMILES string of the molecule is Cc1c(C)c([N+](=O)[O-])c(Cl)c(C)c1C(O)O. The third kappa shape index (κ3) is 1.89. The molecule has 5 nitrogen and oxygen atoms in total. The van der Waals surface area contributed by atoms with Crippen LogP contribution in [-0.2, 0) is 0 Å². The molecule has 0 heterocycles. The van der Waals surface area contributed by atoms with E-state index >= 15 is 0 Å². The van der Waals surface area contributed by atoms with Gasteiger partial charge in [-0.05, 0) is 31.9 Å². The summed E-state index contributed by atoms with van der Waals surface area (Å²) in [5, 5.41) is 29.2. The lowest BCUT2D eigenvalue weighted by atomic mass is 9.96. The van der Waals surface area contributed by atoms with Gasteiger partial charge in [-0.2, -0.15) is 0 Å². The smallest absolute Gasteiger partial charge is 0.291 e. The van der Waals surface area contributed by atoms with Crippen molar-refractivity contribution in [3.8, 4) is 0 Å². The van der Waals surface area contributed by atoms with E-state index in [4.69, 9.17) is 11.6 Å². The lowest BCUT2D eigenvalue weighted by Crippen LogP contribution is -2.07. The number of benzene rings is 1. The molecular weight excluding hydrogens is 234 g/mol. The first-order valence-electron chi connectivity index (χ1n) is 4.58. The molecule has 0 aliphatic heterocycles. The first-order valence-corrected chi connectivity index (χ1v) is 4.96. The lowest BCUT2D eigenvalue weighted by molar-refractivity contribution is -0.385. The van der Waals surface area contributed by atoms with E-state index in [1.807, 2.05) is 0 Å². The van der Waals surface area contributed by atoms with Crippen LogP contribution in [0, 0.1) is 30.9 Å². The topological polar surface area (TPSA) is 83.6 Å². The first kappa shape index (κ1) is 12.9. The summed E-state index contributed by atoms with van der Waals surface area (Å²) < 4.78 is 0. The molecule has 1 rings (SSSR count). The Hall–Kier alpha value is -1.17. The Morgan fingerprint density at radius 1 is 1.19 bits per heavy atom. The summed E-state index contributed by atoms with van der Waals surface area (Å²) >= 11 is 5.85. The molecule has 88 valence electrons. The predicted octanol–water partition coefficient (Wildman–Crippen LogP) is 2.16. The lowest BCUT2D eigenvalue weighted by Gasteiger charge is -2.15. The van der Waals surface area contributed by atoms with Gasteiger partial charge in [0.2, 0.25) is 0 Å². The number of rotatable bonds is 2. The monoisotopic (exact) mass is 245 g/mol. The van der Waals surface area contributed by atoms with Gasteiger partial charge >= 0.3 is 0 Å². The molecule has 0 aliphatic rings. The van der Waals surface area contributed by atoms with Crippen LogP contribution in [0.15, 0.2) is 0 Å². The number of hydrogen-bond acceptors (Lipinski definition) is 4. The summed E-state index contributed by atoms with van der Waals surface area (Å²) in [6, 6.07) is 0. The molecule has 0 aliphatic carbocycles. The summed E-state index contributed by atoms with van der Waals surface area (Å²) in [6.07, 6.45) is -1.68. The van der Waals surface area contributed by atoms with Gasteiger partial charge in [-0.25, -0.2) is 0 Å². The maximum Gasteiger partial charge on any atom is 0.291 e. The van der Waals surface area contributed by atoms with Gasteiger partial charge in [-0.15, -0.1) is 0 Å². The van der Waals surface area contributed by atoms with Crippen molar-refractivity contribution in [1.82, 2.24) is 0 Å². The average Bonchev–Trinajstić information content (AvgIpc) is 2.14. The molecule has 0 aromatic heterocycles. The van der Waals surface area contributed by atoms with E-state index in [2.05, 4.69) is 0 Å². The number of nitro benzene ring substituents is 1. The molecule has 1 aromatic carbocycles. The van der Waals surface area contributed by atoms with Crippen LogP contribution in [0.4, 0.5) is 5.69 Å². The second-order valence-corrected chi connectivity index (χ2v) is 3.96. The largest absolute Gasteiger partial charge is 0.364 e. The fraction of sp³-hybridized carbons (Fsp3) is 0.400. The Balaban J connectivity index is 3.70. The number of nitrogens with zero attached hydrogens (tertiary/aromatic N) is 1. The van der Waals surface area contributed by atoms with E-state index in [0.717, 1.165) is 0 Å². The second kappa shape index (κ2) is 4.37. The van der Waals surface area contributed by atoms with Gasteiger partial charge in [-0.1, -0.05) is 11.6 Å². The molecule has 0 radical (unpaired) electrons. The maximum atomic E-state index is 10.8. The molecule has 2 N–H and O–H groups in total. The van der Waals surface area contributed by atoms with Crippen molar-refractivity contribution >= 4 is 17.3 Å². The summed E-state index contributed by atoms with van der Waals surface area (Å²) in [4.78, 5) is 10.3. The normalized spacial score (nSPS) is 10.9. The zero-order chi connectivity index (χ0) is 12.6. The van der Waals surface area contributed by atoms with Crippen molar-refractivity contribution in [2.45, 2.75) is 27.1 Å². The molecule has 1 aromatic rings. The van der Waals surface area contributed by atoms with Crippen LogP contribution in [0.3, 0.4) is 0 Å². The van der Waals surface area contributed by atoms with Crippen molar-refractivity contribution in [3.63, 3.8) is 0 Å². The highest BCUT2D eigenvalue weighted by molar-refractivity contribution is 6.33. The zero-order valence-corrected chi connectivity index (χ0v) is 9.87. The molecule has 6 heteroatoms. The third-order valence-electron chi connectivity index (χ3n) is 2.70. The molecule has 16 heavy (non-hydrogen) atoms. The van der Waals surface area contributed by atoms with Crippen LogP contribution in [0.1, 0.15) is 28.5 Å². The van der Waals surface area contributed by atoms with Gasteiger partial charge in [0, 0.05) is 11.1 Å². The van der Waals surface area contributed by atoms with Crippen LogP contribution >= 0.6 is 11.6 Å². The molecule has 0 bridgehead atoms. The zero-order valence-electron chi connectivity index (χ0n) is 9.11. The van der Waals surface area contributed by atoms with E-state index in [-0.39, 0.29) is 16.3 Å². The number of halogens is 1. The number of aliphatic hydroxyl groups is 2. The van der Waals surface area contributed by atoms with Gasteiger partial charge in [0.15, 0.2) is 6.29 Å². The Bertz CT molecular complexity index is 428. The fourth-order valence-corrected chi connectivity index (χ4v) is 2.04.